The Balaban J connectivity index is 1.95. The van der Waals surface area contributed by atoms with Crippen molar-refractivity contribution in [2.45, 2.75) is 0 Å². The van der Waals surface area contributed by atoms with Gasteiger partial charge in [0.1, 0.15) is 16.8 Å². The van der Waals surface area contributed by atoms with Crippen molar-refractivity contribution in [1.82, 2.24) is 4.98 Å². The monoisotopic (exact) mass is 280 g/mol. The minimum absolute atomic E-state index is 0.293. The summed E-state index contributed by atoms with van der Waals surface area (Å²) in [6.45, 7) is 0. The second kappa shape index (κ2) is 5.20. The molecule has 0 unspecified atom stereocenters. The summed E-state index contributed by atoms with van der Waals surface area (Å²) < 4.78 is 5.66. The molecule has 0 spiro atoms. The summed E-state index contributed by atoms with van der Waals surface area (Å²) in [5, 5.41) is 11.3. The lowest BCUT2D eigenvalue weighted by Gasteiger charge is -2.07. The summed E-state index contributed by atoms with van der Waals surface area (Å²) in [5.41, 5.74) is 0.404. The number of nitriles is 1. The summed E-state index contributed by atoms with van der Waals surface area (Å²) in [7, 11) is 0. The van der Waals surface area contributed by atoms with Crippen LogP contribution in [0.5, 0.6) is 11.6 Å². The molecule has 0 saturated carbocycles. The zero-order valence-electron chi connectivity index (χ0n) is 10.4. The molecule has 3 nitrogen and oxygen atoms in total. The van der Waals surface area contributed by atoms with Crippen LogP contribution < -0.4 is 4.74 Å². The predicted molar refractivity (Wildman–Crippen MR) is 78.0 cm³/mol. The molecule has 0 N–H and O–H groups in total. The predicted octanol–water partition coefficient (Wildman–Crippen LogP) is 4.55. The van der Waals surface area contributed by atoms with Crippen LogP contribution in [0.1, 0.15) is 5.56 Å². The largest absolute Gasteiger partial charge is 0.438 e. The third-order valence-corrected chi connectivity index (χ3v) is 3.14. The van der Waals surface area contributed by atoms with Gasteiger partial charge < -0.3 is 4.74 Å². The average Bonchev–Trinajstić information content (AvgIpc) is 2.49. The number of ether oxygens (including phenoxy) is 1. The molecular formula is C16H9ClN2O. The Morgan fingerprint density at radius 1 is 1.05 bits per heavy atom. The van der Waals surface area contributed by atoms with Gasteiger partial charge in [0.25, 0.3) is 0 Å². The number of nitrogens with zero attached hydrogens (tertiary/aromatic N) is 2. The number of hydrogen-bond donors (Lipinski definition) is 0. The molecule has 0 atom stereocenters. The van der Waals surface area contributed by atoms with Gasteiger partial charge in [0.2, 0.25) is 5.88 Å². The molecule has 3 aromatic rings. The van der Waals surface area contributed by atoms with Gasteiger partial charge in [-0.15, -0.1) is 0 Å². The quantitative estimate of drug-likeness (QED) is 0.691. The highest BCUT2D eigenvalue weighted by atomic mass is 35.5. The van der Waals surface area contributed by atoms with Crippen LogP contribution in [0, 0.1) is 11.3 Å². The SMILES string of the molecule is N#Cc1cnc(Oc2ccc3ccccc3c2)c(Cl)c1. The fraction of sp³-hybridized carbons (Fsp3) is 0. The molecule has 0 amide bonds. The Kier molecular flexibility index (Phi) is 3.24. The van der Waals surface area contributed by atoms with E-state index in [4.69, 9.17) is 21.6 Å². The van der Waals surface area contributed by atoms with E-state index in [9.17, 15) is 0 Å². The summed E-state index contributed by atoms with van der Waals surface area (Å²) in [6, 6.07) is 17.3. The molecule has 0 saturated heterocycles. The number of rotatable bonds is 2. The van der Waals surface area contributed by atoms with Crippen LogP contribution in [0.25, 0.3) is 10.8 Å². The Morgan fingerprint density at radius 2 is 1.85 bits per heavy atom. The van der Waals surface area contributed by atoms with Crippen LogP contribution >= 0.6 is 11.6 Å². The molecule has 3 rings (SSSR count). The number of benzene rings is 2. The van der Waals surface area contributed by atoms with E-state index in [1.807, 2.05) is 48.5 Å². The van der Waals surface area contributed by atoms with Crippen molar-refractivity contribution in [2.24, 2.45) is 0 Å². The van der Waals surface area contributed by atoms with Gasteiger partial charge in [-0.3, -0.25) is 0 Å². The van der Waals surface area contributed by atoms with E-state index < -0.39 is 0 Å². The van der Waals surface area contributed by atoms with Gasteiger partial charge in [-0.05, 0) is 29.0 Å². The van der Waals surface area contributed by atoms with Crippen molar-refractivity contribution < 1.29 is 4.74 Å². The zero-order valence-corrected chi connectivity index (χ0v) is 11.1. The molecule has 0 aliphatic carbocycles. The van der Waals surface area contributed by atoms with Gasteiger partial charge in [0.05, 0.1) is 5.56 Å². The van der Waals surface area contributed by atoms with Gasteiger partial charge in [-0.2, -0.15) is 5.26 Å². The third kappa shape index (κ3) is 2.42. The minimum Gasteiger partial charge on any atom is -0.438 e. The van der Waals surface area contributed by atoms with Gasteiger partial charge >= 0.3 is 0 Å². The van der Waals surface area contributed by atoms with E-state index in [1.165, 1.54) is 12.3 Å². The van der Waals surface area contributed by atoms with E-state index in [2.05, 4.69) is 4.98 Å². The molecule has 1 aromatic heterocycles. The molecule has 96 valence electrons. The van der Waals surface area contributed by atoms with E-state index in [1.54, 1.807) is 0 Å². The average molecular weight is 281 g/mol. The van der Waals surface area contributed by atoms with Crippen LogP contribution in [0.3, 0.4) is 0 Å². The second-order valence-corrected chi connectivity index (χ2v) is 4.64. The number of pyridine rings is 1. The van der Waals surface area contributed by atoms with Crippen molar-refractivity contribution in [3.63, 3.8) is 0 Å². The number of hydrogen-bond acceptors (Lipinski definition) is 3. The van der Waals surface area contributed by atoms with Crippen LogP contribution in [-0.4, -0.2) is 4.98 Å². The molecule has 0 fully saturated rings. The Morgan fingerprint density at radius 3 is 2.60 bits per heavy atom. The topological polar surface area (TPSA) is 45.9 Å². The molecule has 20 heavy (non-hydrogen) atoms. The maximum atomic E-state index is 8.77. The number of halogens is 1. The van der Waals surface area contributed by atoms with Crippen LogP contribution in [0.15, 0.2) is 54.7 Å². The van der Waals surface area contributed by atoms with Gasteiger partial charge in [0.15, 0.2) is 0 Å². The third-order valence-electron chi connectivity index (χ3n) is 2.87. The fourth-order valence-corrected chi connectivity index (χ4v) is 2.11. The lowest BCUT2D eigenvalue weighted by atomic mass is 10.1. The molecule has 0 radical (unpaired) electrons. The summed E-state index contributed by atoms with van der Waals surface area (Å²) >= 11 is 6.04. The van der Waals surface area contributed by atoms with Crippen molar-refractivity contribution >= 4 is 22.4 Å². The molecule has 0 bridgehead atoms. The van der Waals surface area contributed by atoms with Gasteiger partial charge in [0, 0.05) is 6.20 Å². The minimum atomic E-state index is 0.293. The van der Waals surface area contributed by atoms with Crippen LogP contribution in [0.4, 0.5) is 0 Å². The molecule has 0 aliphatic rings. The van der Waals surface area contributed by atoms with E-state index >= 15 is 0 Å². The molecule has 1 heterocycles. The summed E-state index contributed by atoms with van der Waals surface area (Å²) in [6.07, 6.45) is 1.43. The van der Waals surface area contributed by atoms with E-state index in [0.29, 0.717) is 22.2 Å². The molecule has 0 aliphatic heterocycles. The fourth-order valence-electron chi connectivity index (χ4n) is 1.90. The van der Waals surface area contributed by atoms with Crippen molar-refractivity contribution in [1.29, 1.82) is 5.26 Å². The number of fused-ring (bicyclic) bond motifs is 1. The van der Waals surface area contributed by atoms with Crippen LogP contribution in [0.2, 0.25) is 5.02 Å². The van der Waals surface area contributed by atoms with Crippen molar-refractivity contribution in [2.75, 3.05) is 0 Å². The Hall–Kier alpha value is -2.57. The Labute approximate surface area is 121 Å². The first kappa shape index (κ1) is 12.5. The highest BCUT2D eigenvalue weighted by molar-refractivity contribution is 6.31. The standard InChI is InChI=1S/C16H9ClN2O/c17-15-7-11(9-18)10-19-16(15)20-14-6-5-12-3-1-2-4-13(12)8-14/h1-8,10H. The van der Waals surface area contributed by atoms with Gasteiger partial charge in [-0.25, -0.2) is 4.98 Å². The Bertz CT molecular complexity index is 824. The summed E-state index contributed by atoms with van der Waals surface area (Å²) in [4.78, 5) is 4.05. The lowest BCUT2D eigenvalue weighted by Crippen LogP contribution is -1.90. The van der Waals surface area contributed by atoms with Crippen LogP contribution in [-0.2, 0) is 0 Å². The molecular weight excluding hydrogens is 272 g/mol. The van der Waals surface area contributed by atoms with Gasteiger partial charge in [-0.1, -0.05) is 41.9 Å². The number of aromatic nitrogens is 1. The first-order valence-corrected chi connectivity index (χ1v) is 6.36. The summed E-state index contributed by atoms with van der Waals surface area (Å²) in [5.74, 6) is 0.948. The smallest absolute Gasteiger partial charge is 0.238 e. The highest BCUT2D eigenvalue weighted by Crippen LogP contribution is 2.29. The second-order valence-electron chi connectivity index (χ2n) is 4.23. The maximum absolute atomic E-state index is 8.77. The van der Waals surface area contributed by atoms with Crippen molar-refractivity contribution in [3.8, 4) is 17.7 Å². The normalized spacial score (nSPS) is 10.2. The molecule has 2 aromatic carbocycles. The first-order chi connectivity index (χ1) is 9.76. The first-order valence-electron chi connectivity index (χ1n) is 5.98. The van der Waals surface area contributed by atoms with Crippen molar-refractivity contribution in [3.05, 3.63) is 65.3 Å². The van der Waals surface area contributed by atoms with E-state index in [-0.39, 0.29) is 0 Å². The highest BCUT2D eigenvalue weighted by Gasteiger charge is 2.06. The zero-order chi connectivity index (χ0) is 13.9. The van der Waals surface area contributed by atoms with E-state index in [0.717, 1.165) is 10.8 Å². The maximum Gasteiger partial charge on any atom is 0.238 e. The lowest BCUT2D eigenvalue weighted by molar-refractivity contribution is 0.464. The molecule has 4 heteroatoms.